The van der Waals surface area contributed by atoms with E-state index in [4.69, 9.17) is 0 Å². The number of amides is 2. The average molecular weight is 317 g/mol. The first-order chi connectivity index (χ1) is 10.9. The summed E-state index contributed by atoms with van der Waals surface area (Å²) in [7, 11) is 0. The van der Waals surface area contributed by atoms with Gasteiger partial charge in [-0.15, -0.1) is 0 Å². The maximum absolute atomic E-state index is 13.0. The number of fused-ring (bicyclic) bond motifs is 1. The van der Waals surface area contributed by atoms with Crippen molar-refractivity contribution in [1.29, 1.82) is 0 Å². The summed E-state index contributed by atoms with van der Waals surface area (Å²) >= 11 is 0. The molecule has 2 aliphatic rings. The Balaban J connectivity index is 1.89. The van der Waals surface area contributed by atoms with Crippen LogP contribution in [0.25, 0.3) is 0 Å². The second-order valence-electron chi connectivity index (χ2n) is 6.68. The van der Waals surface area contributed by atoms with E-state index in [0.717, 1.165) is 18.5 Å². The van der Waals surface area contributed by atoms with Crippen LogP contribution in [0.2, 0.25) is 0 Å². The summed E-state index contributed by atoms with van der Waals surface area (Å²) in [6.07, 6.45) is 2.13. The first-order valence-electron chi connectivity index (χ1n) is 8.03. The zero-order valence-electron chi connectivity index (χ0n) is 13.6. The second kappa shape index (κ2) is 5.94. The van der Waals surface area contributed by atoms with Crippen LogP contribution in [-0.2, 0) is 9.59 Å². The third kappa shape index (κ3) is 2.96. The third-order valence-electron chi connectivity index (χ3n) is 4.55. The van der Waals surface area contributed by atoms with Crippen LogP contribution in [0.15, 0.2) is 24.3 Å². The lowest BCUT2D eigenvalue weighted by Gasteiger charge is -2.42. The molecule has 6 nitrogen and oxygen atoms in total. The molecular weight excluding hydrogens is 294 g/mol. The number of hydrogen-bond donors (Lipinski definition) is 2. The maximum atomic E-state index is 13.0. The number of aliphatic hydroxyl groups is 1. The standard InChI is InChI=1S/C17H23N3O3/c1-17(2)16(23)18-13-5-3-4-6-14(13)20(17)15(22)11-19(9-10-21)12-7-8-12/h3-6,12,21H,7-11H2,1-2H3,(H,18,23). The van der Waals surface area contributed by atoms with Gasteiger partial charge in [0.15, 0.2) is 0 Å². The zero-order chi connectivity index (χ0) is 16.6. The molecule has 0 spiro atoms. The lowest BCUT2D eigenvalue weighted by Crippen LogP contribution is -2.60. The predicted octanol–water partition coefficient (Wildman–Crippen LogP) is 1.21. The molecule has 0 radical (unpaired) electrons. The van der Waals surface area contributed by atoms with Crippen LogP contribution in [0, 0.1) is 0 Å². The summed E-state index contributed by atoms with van der Waals surface area (Å²) in [5, 5.41) is 12.1. The number of nitrogens with zero attached hydrogens (tertiary/aromatic N) is 2. The molecule has 0 atom stereocenters. The fourth-order valence-corrected chi connectivity index (χ4v) is 3.10. The molecule has 1 fully saturated rings. The van der Waals surface area contributed by atoms with E-state index in [1.165, 1.54) is 0 Å². The number of anilines is 2. The van der Waals surface area contributed by atoms with Gasteiger partial charge < -0.3 is 10.4 Å². The molecule has 1 aromatic carbocycles. The number of para-hydroxylation sites is 2. The third-order valence-corrected chi connectivity index (χ3v) is 4.55. The Kier molecular flexibility index (Phi) is 4.12. The molecule has 1 aliphatic heterocycles. The molecule has 1 saturated carbocycles. The molecule has 0 unspecified atom stereocenters. The molecular formula is C17H23N3O3. The zero-order valence-corrected chi connectivity index (χ0v) is 13.6. The monoisotopic (exact) mass is 317 g/mol. The highest BCUT2D eigenvalue weighted by Crippen LogP contribution is 2.37. The fraction of sp³-hybridized carbons (Fsp3) is 0.529. The van der Waals surface area contributed by atoms with Crippen molar-refractivity contribution in [2.24, 2.45) is 0 Å². The topological polar surface area (TPSA) is 72.9 Å². The highest BCUT2D eigenvalue weighted by molar-refractivity contribution is 6.14. The molecule has 6 heteroatoms. The largest absolute Gasteiger partial charge is 0.395 e. The summed E-state index contributed by atoms with van der Waals surface area (Å²) in [6.45, 7) is 4.24. The van der Waals surface area contributed by atoms with Gasteiger partial charge in [-0.05, 0) is 38.8 Å². The van der Waals surface area contributed by atoms with Crippen LogP contribution in [0.1, 0.15) is 26.7 Å². The molecule has 3 rings (SSSR count). The molecule has 2 amide bonds. The average Bonchev–Trinajstić information content (AvgIpc) is 3.32. The van der Waals surface area contributed by atoms with Crippen LogP contribution < -0.4 is 10.2 Å². The molecule has 0 saturated heterocycles. The smallest absolute Gasteiger partial charge is 0.250 e. The summed E-state index contributed by atoms with van der Waals surface area (Å²) in [5.41, 5.74) is 0.437. The Morgan fingerprint density at radius 2 is 2.09 bits per heavy atom. The normalized spacial score (nSPS) is 19.5. The minimum Gasteiger partial charge on any atom is -0.395 e. The van der Waals surface area contributed by atoms with Crippen molar-refractivity contribution in [3.63, 3.8) is 0 Å². The van der Waals surface area contributed by atoms with Crippen LogP contribution in [-0.4, -0.2) is 53.1 Å². The Morgan fingerprint density at radius 1 is 1.39 bits per heavy atom. The van der Waals surface area contributed by atoms with Crippen LogP contribution >= 0.6 is 0 Å². The van der Waals surface area contributed by atoms with Crippen LogP contribution in [0.5, 0.6) is 0 Å². The number of benzene rings is 1. The van der Waals surface area contributed by atoms with E-state index in [2.05, 4.69) is 5.32 Å². The van der Waals surface area contributed by atoms with Gasteiger partial charge >= 0.3 is 0 Å². The van der Waals surface area contributed by atoms with E-state index in [1.54, 1.807) is 24.8 Å². The molecule has 1 aliphatic carbocycles. The molecule has 1 aromatic rings. The molecule has 23 heavy (non-hydrogen) atoms. The number of carbonyl (C=O) groups excluding carboxylic acids is 2. The van der Waals surface area contributed by atoms with Gasteiger partial charge in [0, 0.05) is 12.6 Å². The first kappa shape index (κ1) is 16.0. The minimum atomic E-state index is -0.945. The quantitative estimate of drug-likeness (QED) is 0.856. The minimum absolute atomic E-state index is 0.0320. The number of carbonyl (C=O) groups is 2. The van der Waals surface area contributed by atoms with Crippen molar-refractivity contribution in [3.05, 3.63) is 24.3 Å². The lowest BCUT2D eigenvalue weighted by atomic mass is 9.96. The molecule has 0 aromatic heterocycles. The summed E-state index contributed by atoms with van der Waals surface area (Å²) in [5.74, 6) is -0.303. The Morgan fingerprint density at radius 3 is 2.74 bits per heavy atom. The van der Waals surface area contributed by atoms with E-state index < -0.39 is 5.54 Å². The molecule has 1 heterocycles. The van der Waals surface area contributed by atoms with Gasteiger partial charge in [0.05, 0.1) is 24.5 Å². The number of rotatable bonds is 5. The number of hydrogen-bond acceptors (Lipinski definition) is 4. The Bertz CT molecular complexity index is 625. The van der Waals surface area contributed by atoms with Crippen molar-refractivity contribution < 1.29 is 14.7 Å². The van der Waals surface area contributed by atoms with Crippen molar-refractivity contribution in [1.82, 2.24) is 4.90 Å². The summed E-state index contributed by atoms with van der Waals surface area (Å²) in [4.78, 5) is 29.0. The van der Waals surface area contributed by atoms with Gasteiger partial charge in [-0.1, -0.05) is 12.1 Å². The van der Waals surface area contributed by atoms with Crippen LogP contribution in [0.3, 0.4) is 0 Å². The number of nitrogens with one attached hydrogen (secondary N) is 1. The van der Waals surface area contributed by atoms with Gasteiger partial charge in [-0.2, -0.15) is 0 Å². The SMILES string of the molecule is CC1(C)C(=O)Nc2ccccc2N1C(=O)CN(CCO)C1CC1. The van der Waals surface area contributed by atoms with Gasteiger partial charge in [0.2, 0.25) is 11.8 Å². The van der Waals surface area contributed by atoms with E-state index in [9.17, 15) is 14.7 Å². The Hall–Kier alpha value is -1.92. The molecule has 124 valence electrons. The van der Waals surface area contributed by atoms with Gasteiger partial charge in [-0.25, -0.2) is 0 Å². The number of aliphatic hydroxyl groups excluding tert-OH is 1. The van der Waals surface area contributed by atoms with Crippen molar-refractivity contribution in [3.8, 4) is 0 Å². The van der Waals surface area contributed by atoms with E-state index in [1.807, 2.05) is 23.1 Å². The first-order valence-corrected chi connectivity index (χ1v) is 8.03. The van der Waals surface area contributed by atoms with E-state index >= 15 is 0 Å². The Labute approximate surface area is 136 Å². The van der Waals surface area contributed by atoms with E-state index in [0.29, 0.717) is 18.3 Å². The fourth-order valence-electron chi connectivity index (χ4n) is 3.10. The highest BCUT2D eigenvalue weighted by Gasteiger charge is 2.44. The lowest BCUT2D eigenvalue weighted by molar-refractivity contribution is -0.127. The molecule has 0 bridgehead atoms. The van der Waals surface area contributed by atoms with E-state index in [-0.39, 0.29) is 25.0 Å². The summed E-state index contributed by atoms with van der Waals surface area (Å²) < 4.78 is 0. The van der Waals surface area contributed by atoms with Crippen molar-refractivity contribution in [2.45, 2.75) is 38.3 Å². The second-order valence-corrected chi connectivity index (χ2v) is 6.68. The molecule has 2 N–H and O–H groups in total. The van der Waals surface area contributed by atoms with Crippen molar-refractivity contribution >= 4 is 23.2 Å². The predicted molar refractivity (Wildman–Crippen MR) is 88.3 cm³/mol. The van der Waals surface area contributed by atoms with Crippen LogP contribution in [0.4, 0.5) is 11.4 Å². The summed E-state index contributed by atoms with van der Waals surface area (Å²) in [6, 6.07) is 7.72. The van der Waals surface area contributed by atoms with Crippen molar-refractivity contribution in [2.75, 3.05) is 29.9 Å². The van der Waals surface area contributed by atoms with Gasteiger partial charge in [0.25, 0.3) is 0 Å². The maximum Gasteiger partial charge on any atom is 0.250 e. The van der Waals surface area contributed by atoms with Gasteiger partial charge in [0.1, 0.15) is 5.54 Å². The highest BCUT2D eigenvalue weighted by atomic mass is 16.3. The van der Waals surface area contributed by atoms with Gasteiger partial charge in [-0.3, -0.25) is 19.4 Å².